The molecule has 1 amide bonds. The van der Waals surface area contributed by atoms with E-state index in [0.29, 0.717) is 31.2 Å². The summed E-state index contributed by atoms with van der Waals surface area (Å²) in [4.78, 5) is 16.7. The Hall–Kier alpha value is -2.53. The van der Waals surface area contributed by atoms with Crippen molar-refractivity contribution in [2.45, 2.75) is 38.3 Å². The number of rotatable bonds is 5. The van der Waals surface area contributed by atoms with Crippen molar-refractivity contribution >= 4 is 11.6 Å². The highest BCUT2D eigenvalue weighted by Crippen LogP contribution is 2.36. The molecule has 0 spiro atoms. The van der Waals surface area contributed by atoms with Crippen LogP contribution in [0.5, 0.6) is 0 Å². The van der Waals surface area contributed by atoms with Crippen LogP contribution in [0.25, 0.3) is 0 Å². The Morgan fingerprint density at radius 1 is 1.21 bits per heavy atom. The van der Waals surface area contributed by atoms with Crippen LogP contribution in [0, 0.1) is 0 Å². The molecule has 0 saturated heterocycles. The zero-order valence-electron chi connectivity index (χ0n) is 13.7. The highest BCUT2D eigenvalue weighted by atomic mass is 16.3. The molecular weight excluding hydrogens is 302 g/mol. The molecule has 5 heteroatoms. The number of carbonyl (C=O) groups is 1. The third kappa shape index (κ3) is 3.21. The zero-order valence-corrected chi connectivity index (χ0v) is 13.7. The Balaban J connectivity index is 1.80. The molecule has 1 aliphatic rings. The number of aliphatic hydroxyl groups is 1. The van der Waals surface area contributed by atoms with E-state index < -0.39 is 5.72 Å². The van der Waals surface area contributed by atoms with Gasteiger partial charge in [-0.3, -0.25) is 9.78 Å². The van der Waals surface area contributed by atoms with Crippen LogP contribution in [0.15, 0.2) is 60.0 Å². The molecule has 3 rings (SSSR count). The minimum absolute atomic E-state index is 0.179. The molecular formula is C19H21N3O2. The average Bonchev–Trinajstić information content (AvgIpc) is 2.99. The highest BCUT2D eigenvalue weighted by molar-refractivity contribution is 5.90. The van der Waals surface area contributed by atoms with Crippen LogP contribution in [0.1, 0.15) is 37.3 Å². The fourth-order valence-electron chi connectivity index (χ4n) is 2.92. The van der Waals surface area contributed by atoms with Crippen LogP contribution in [-0.4, -0.2) is 26.7 Å². The molecule has 2 heterocycles. The Morgan fingerprint density at radius 2 is 1.92 bits per heavy atom. The Kier molecular flexibility index (Phi) is 4.71. The second kappa shape index (κ2) is 6.93. The van der Waals surface area contributed by atoms with Gasteiger partial charge in [-0.05, 0) is 30.5 Å². The number of pyridine rings is 1. The van der Waals surface area contributed by atoms with Crippen molar-refractivity contribution in [2.75, 3.05) is 0 Å². The molecule has 24 heavy (non-hydrogen) atoms. The van der Waals surface area contributed by atoms with Crippen molar-refractivity contribution < 1.29 is 9.90 Å². The first kappa shape index (κ1) is 16.3. The van der Waals surface area contributed by atoms with Gasteiger partial charge >= 0.3 is 0 Å². The maximum absolute atomic E-state index is 12.7. The van der Waals surface area contributed by atoms with Gasteiger partial charge in [0.05, 0.1) is 0 Å². The van der Waals surface area contributed by atoms with E-state index in [4.69, 9.17) is 0 Å². The molecule has 0 aliphatic carbocycles. The molecule has 2 aromatic rings. The van der Waals surface area contributed by atoms with Crippen LogP contribution in [-0.2, 0) is 16.9 Å². The van der Waals surface area contributed by atoms with Gasteiger partial charge in [-0.25, -0.2) is 0 Å². The first-order valence-corrected chi connectivity index (χ1v) is 8.19. The zero-order chi connectivity index (χ0) is 17.0. The normalized spacial score (nSPS) is 20.1. The van der Waals surface area contributed by atoms with Gasteiger partial charge in [-0.2, -0.15) is 10.1 Å². The van der Waals surface area contributed by atoms with Gasteiger partial charge in [-0.1, -0.05) is 37.3 Å². The van der Waals surface area contributed by atoms with E-state index in [1.54, 1.807) is 24.5 Å². The molecule has 1 N–H and O–H groups in total. The van der Waals surface area contributed by atoms with Gasteiger partial charge in [0.1, 0.15) is 0 Å². The molecule has 124 valence electrons. The monoisotopic (exact) mass is 323 g/mol. The number of hydrazone groups is 1. The SMILES string of the molecule is CCC1=NN(C(=O)CCc2ccccc2)[C@](O)(c2ccncc2)C1. The number of nitrogens with zero attached hydrogens (tertiary/aromatic N) is 3. The lowest BCUT2D eigenvalue weighted by molar-refractivity contribution is -0.157. The number of hydrogen-bond acceptors (Lipinski definition) is 4. The van der Waals surface area contributed by atoms with Gasteiger partial charge in [0.25, 0.3) is 0 Å². The lowest BCUT2D eigenvalue weighted by Gasteiger charge is -2.31. The molecule has 0 saturated carbocycles. The maximum Gasteiger partial charge on any atom is 0.245 e. The second-order valence-electron chi connectivity index (χ2n) is 5.94. The van der Waals surface area contributed by atoms with Crippen molar-refractivity contribution in [1.82, 2.24) is 9.99 Å². The standard InChI is InChI=1S/C19H21N3O2/c1-2-17-14-19(24,16-10-12-20-13-11-16)22(21-17)18(23)9-8-15-6-4-3-5-7-15/h3-7,10-13,24H,2,8-9,14H2,1H3/t19-/m1/s1. The molecule has 0 fully saturated rings. The summed E-state index contributed by atoms with van der Waals surface area (Å²) in [5, 5.41) is 16.8. The van der Waals surface area contributed by atoms with Gasteiger partial charge in [0, 0.05) is 36.5 Å². The Labute approximate surface area is 141 Å². The van der Waals surface area contributed by atoms with E-state index >= 15 is 0 Å². The summed E-state index contributed by atoms with van der Waals surface area (Å²) in [7, 11) is 0. The quantitative estimate of drug-likeness (QED) is 0.920. The molecule has 1 aromatic heterocycles. The van der Waals surface area contributed by atoms with Crippen molar-refractivity contribution in [2.24, 2.45) is 5.10 Å². The van der Waals surface area contributed by atoms with Gasteiger partial charge in [0.2, 0.25) is 5.91 Å². The Morgan fingerprint density at radius 3 is 2.58 bits per heavy atom. The molecule has 0 unspecified atom stereocenters. The predicted octanol–water partition coefficient (Wildman–Crippen LogP) is 2.86. The van der Waals surface area contributed by atoms with Crippen molar-refractivity contribution in [1.29, 1.82) is 0 Å². The summed E-state index contributed by atoms with van der Waals surface area (Å²) >= 11 is 0. The van der Waals surface area contributed by atoms with E-state index in [9.17, 15) is 9.90 Å². The molecule has 0 bridgehead atoms. The van der Waals surface area contributed by atoms with E-state index in [1.165, 1.54) is 5.01 Å². The van der Waals surface area contributed by atoms with Crippen LogP contribution in [0.2, 0.25) is 0 Å². The number of benzene rings is 1. The first-order chi connectivity index (χ1) is 11.6. The summed E-state index contributed by atoms with van der Waals surface area (Å²) in [5.74, 6) is -0.179. The smallest absolute Gasteiger partial charge is 0.245 e. The van der Waals surface area contributed by atoms with Crippen LogP contribution >= 0.6 is 0 Å². The van der Waals surface area contributed by atoms with E-state index in [-0.39, 0.29) is 5.91 Å². The van der Waals surface area contributed by atoms with E-state index in [2.05, 4.69) is 10.1 Å². The molecule has 1 atom stereocenters. The van der Waals surface area contributed by atoms with E-state index in [1.807, 2.05) is 37.3 Å². The van der Waals surface area contributed by atoms with Gasteiger partial charge < -0.3 is 5.11 Å². The largest absolute Gasteiger partial charge is 0.365 e. The van der Waals surface area contributed by atoms with Gasteiger partial charge in [-0.15, -0.1) is 0 Å². The fraction of sp³-hybridized carbons (Fsp3) is 0.316. The minimum Gasteiger partial charge on any atom is -0.365 e. The Bertz CT molecular complexity index is 731. The molecule has 5 nitrogen and oxygen atoms in total. The third-order valence-corrected chi connectivity index (χ3v) is 4.30. The topological polar surface area (TPSA) is 65.8 Å². The highest BCUT2D eigenvalue weighted by Gasteiger charge is 2.45. The summed E-state index contributed by atoms with van der Waals surface area (Å²) in [6, 6.07) is 13.3. The van der Waals surface area contributed by atoms with Crippen LogP contribution < -0.4 is 0 Å². The lowest BCUT2D eigenvalue weighted by Crippen LogP contribution is -2.43. The lowest BCUT2D eigenvalue weighted by atomic mass is 9.97. The number of aryl methyl sites for hydroxylation is 1. The predicted molar refractivity (Wildman–Crippen MR) is 92.1 cm³/mol. The average molecular weight is 323 g/mol. The van der Waals surface area contributed by atoms with Crippen molar-refractivity contribution in [3.63, 3.8) is 0 Å². The number of aromatic nitrogens is 1. The van der Waals surface area contributed by atoms with Crippen molar-refractivity contribution in [3.05, 3.63) is 66.0 Å². The summed E-state index contributed by atoms with van der Waals surface area (Å²) in [5.41, 5.74) is 1.14. The summed E-state index contributed by atoms with van der Waals surface area (Å²) in [6.45, 7) is 1.98. The number of amides is 1. The van der Waals surface area contributed by atoms with Crippen molar-refractivity contribution in [3.8, 4) is 0 Å². The third-order valence-electron chi connectivity index (χ3n) is 4.30. The molecule has 0 radical (unpaired) electrons. The van der Waals surface area contributed by atoms with Crippen LogP contribution in [0.3, 0.4) is 0 Å². The molecule has 1 aromatic carbocycles. The maximum atomic E-state index is 12.7. The minimum atomic E-state index is -1.41. The molecule has 1 aliphatic heterocycles. The van der Waals surface area contributed by atoms with E-state index in [0.717, 1.165) is 11.3 Å². The number of hydrogen-bond donors (Lipinski definition) is 1. The summed E-state index contributed by atoms with van der Waals surface area (Å²) in [6.07, 6.45) is 5.20. The van der Waals surface area contributed by atoms with Gasteiger partial charge in [0.15, 0.2) is 5.72 Å². The number of carbonyl (C=O) groups excluding carboxylic acids is 1. The first-order valence-electron chi connectivity index (χ1n) is 8.19. The fourth-order valence-corrected chi connectivity index (χ4v) is 2.92. The van der Waals surface area contributed by atoms with Crippen LogP contribution in [0.4, 0.5) is 0 Å². The second-order valence-corrected chi connectivity index (χ2v) is 5.94. The summed E-state index contributed by atoms with van der Waals surface area (Å²) < 4.78 is 0.